The van der Waals surface area contributed by atoms with E-state index in [0.29, 0.717) is 6.54 Å². The first-order chi connectivity index (χ1) is 11.8. The van der Waals surface area contributed by atoms with E-state index in [1.807, 2.05) is 59.5 Å². The van der Waals surface area contributed by atoms with Crippen molar-refractivity contribution in [3.8, 4) is 0 Å². The standard InChI is InChI=1S/C19H20N4O/c24-19(20-13-14-7-2-1-3-8-14)23-12-6-11-17(23)18-21-15-9-4-5-10-16(15)22-18/h1-5,7-10,17H,6,11-13H2,(H,20,24)(H,21,22)/t17-/m0/s1. The van der Waals surface area contributed by atoms with Crippen LogP contribution in [0.4, 0.5) is 4.79 Å². The van der Waals surface area contributed by atoms with Gasteiger partial charge in [0.05, 0.1) is 17.1 Å². The minimum Gasteiger partial charge on any atom is -0.340 e. The van der Waals surface area contributed by atoms with Crippen LogP contribution in [0, 0.1) is 0 Å². The number of H-pyrrole nitrogens is 1. The van der Waals surface area contributed by atoms with Gasteiger partial charge in [0.15, 0.2) is 0 Å². The van der Waals surface area contributed by atoms with Crippen molar-refractivity contribution in [1.29, 1.82) is 0 Å². The van der Waals surface area contributed by atoms with Crippen molar-refractivity contribution in [3.05, 3.63) is 66.0 Å². The highest BCUT2D eigenvalue weighted by molar-refractivity contribution is 5.77. The summed E-state index contributed by atoms with van der Waals surface area (Å²) in [5.41, 5.74) is 3.07. The largest absolute Gasteiger partial charge is 0.340 e. The number of aromatic amines is 1. The number of hydrogen-bond acceptors (Lipinski definition) is 2. The SMILES string of the molecule is O=C(NCc1ccccc1)N1CCC[C@H]1c1nc2ccccc2[nH]1. The number of benzene rings is 2. The summed E-state index contributed by atoms with van der Waals surface area (Å²) < 4.78 is 0. The number of nitrogens with one attached hydrogen (secondary N) is 2. The number of carbonyl (C=O) groups excluding carboxylic acids is 1. The van der Waals surface area contributed by atoms with Gasteiger partial charge in [-0.25, -0.2) is 9.78 Å². The van der Waals surface area contributed by atoms with Crippen LogP contribution in [-0.4, -0.2) is 27.4 Å². The molecule has 1 fully saturated rings. The number of aromatic nitrogens is 2. The lowest BCUT2D eigenvalue weighted by Gasteiger charge is -2.23. The number of likely N-dealkylation sites (tertiary alicyclic amines) is 1. The Labute approximate surface area is 140 Å². The second-order valence-corrected chi connectivity index (χ2v) is 6.13. The van der Waals surface area contributed by atoms with E-state index in [2.05, 4.69) is 15.3 Å². The van der Waals surface area contributed by atoms with Gasteiger partial charge in [-0.05, 0) is 30.5 Å². The number of rotatable bonds is 3. The molecule has 2 heterocycles. The number of amides is 2. The molecular formula is C19H20N4O. The number of carbonyl (C=O) groups is 1. The van der Waals surface area contributed by atoms with Gasteiger partial charge < -0.3 is 15.2 Å². The number of fused-ring (bicyclic) bond motifs is 1. The Morgan fingerprint density at radius 1 is 1.17 bits per heavy atom. The Kier molecular flexibility index (Phi) is 3.91. The van der Waals surface area contributed by atoms with Crippen LogP contribution >= 0.6 is 0 Å². The van der Waals surface area contributed by atoms with E-state index in [0.717, 1.165) is 41.8 Å². The van der Waals surface area contributed by atoms with E-state index in [1.165, 1.54) is 0 Å². The van der Waals surface area contributed by atoms with Gasteiger partial charge in [0, 0.05) is 13.1 Å². The van der Waals surface area contributed by atoms with Crippen molar-refractivity contribution in [2.24, 2.45) is 0 Å². The Bertz CT molecular complexity index is 810. The van der Waals surface area contributed by atoms with Crippen LogP contribution in [0.1, 0.15) is 30.3 Å². The molecule has 0 unspecified atom stereocenters. The number of hydrogen-bond donors (Lipinski definition) is 2. The van der Waals surface area contributed by atoms with Crippen LogP contribution in [0.25, 0.3) is 11.0 Å². The Balaban J connectivity index is 1.48. The summed E-state index contributed by atoms with van der Waals surface area (Å²) in [6.45, 7) is 1.31. The maximum atomic E-state index is 12.6. The molecule has 0 radical (unpaired) electrons. The van der Waals surface area contributed by atoms with Gasteiger partial charge in [-0.3, -0.25) is 0 Å². The smallest absolute Gasteiger partial charge is 0.318 e. The molecule has 0 aliphatic carbocycles. The maximum absolute atomic E-state index is 12.6. The third-order valence-corrected chi connectivity index (χ3v) is 4.52. The fourth-order valence-corrected chi connectivity index (χ4v) is 3.30. The molecule has 5 nitrogen and oxygen atoms in total. The van der Waals surface area contributed by atoms with Crippen molar-refractivity contribution in [2.45, 2.75) is 25.4 Å². The molecule has 4 rings (SSSR count). The maximum Gasteiger partial charge on any atom is 0.318 e. The molecule has 1 aliphatic rings. The molecule has 1 saturated heterocycles. The molecule has 122 valence electrons. The minimum atomic E-state index is -0.0261. The molecule has 0 spiro atoms. The first-order valence-corrected chi connectivity index (χ1v) is 8.34. The summed E-state index contributed by atoms with van der Waals surface area (Å²) in [5, 5.41) is 3.02. The molecular weight excluding hydrogens is 300 g/mol. The van der Waals surface area contributed by atoms with E-state index in [9.17, 15) is 4.79 Å². The molecule has 2 aromatic carbocycles. The van der Waals surface area contributed by atoms with Crippen molar-refractivity contribution >= 4 is 17.1 Å². The van der Waals surface area contributed by atoms with Gasteiger partial charge in [0.2, 0.25) is 0 Å². The predicted molar refractivity (Wildman–Crippen MR) is 93.5 cm³/mol. The summed E-state index contributed by atoms with van der Waals surface area (Å²) in [6.07, 6.45) is 1.94. The summed E-state index contributed by atoms with van der Waals surface area (Å²) in [7, 11) is 0. The van der Waals surface area contributed by atoms with Crippen molar-refractivity contribution in [2.75, 3.05) is 6.54 Å². The van der Waals surface area contributed by atoms with Crippen molar-refractivity contribution < 1.29 is 4.79 Å². The number of para-hydroxylation sites is 2. The second-order valence-electron chi connectivity index (χ2n) is 6.13. The fraction of sp³-hybridized carbons (Fsp3) is 0.263. The lowest BCUT2D eigenvalue weighted by atomic mass is 10.2. The van der Waals surface area contributed by atoms with Gasteiger partial charge in [-0.15, -0.1) is 0 Å². The first kappa shape index (κ1) is 14.8. The van der Waals surface area contributed by atoms with E-state index in [-0.39, 0.29) is 12.1 Å². The van der Waals surface area contributed by atoms with Crippen LogP contribution in [0.2, 0.25) is 0 Å². The number of nitrogens with zero attached hydrogens (tertiary/aromatic N) is 2. The van der Waals surface area contributed by atoms with Crippen LogP contribution in [0.5, 0.6) is 0 Å². The normalized spacial score (nSPS) is 17.3. The molecule has 0 saturated carbocycles. The molecule has 1 atom stereocenters. The number of imidazole rings is 1. The molecule has 3 aromatic rings. The molecule has 0 bridgehead atoms. The monoisotopic (exact) mass is 320 g/mol. The average molecular weight is 320 g/mol. The van der Waals surface area contributed by atoms with Gasteiger partial charge >= 0.3 is 6.03 Å². The van der Waals surface area contributed by atoms with Crippen LogP contribution in [0.15, 0.2) is 54.6 Å². The summed E-state index contributed by atoms with van der Waals surface area (Å²) in [4.78, 5) is 22.5. The van der Waals surface area contributed by atoms with E-state index in [1.54, 1.807) is 0 Å². The summed E-state index contributed by atoms with van der Waals surface area (Å²) in [6, 6.07) is 17.9. The zero-order valence-electron chi connectivity index (χ0n) is 13.4. The second kappa shape index (κ2) is 6.35. The molecule has 2 N–H and O–H groups in total. The first-order valence-electron chi connectivity index (χ1n) is 8.34. The van der Waals surface area contributed by atoms with Crippen molar-refractivity contribution in [3.63, 3.8) is 0 Å². The van der Waals surface area contributed by atoms with Crippen LogP contribution < -0.4 is 5.32 Å². The van der Waals surface area contributed by atoms with E-state index < -0.39 is 0 Å². The number of urea groups is 1. The quantitative estimate of drug-likeness (QED) is 0.774. The van der Waals surface area contributed by atoms with E-state index >= 15 is 0 Å². The topological polar surface area (TPSA) is 61.0 Å². The highest BCUT2D eigenvalue weighted by atomic mass is 16.2. The lowest BCUT2D eigenvalue weighted by molar-refractivity contribution is 0.191. The van der Waals surface area contributed by atoms with Crippen molar-refractivity contribution in [1.82, 2.24) is 20.2 Å². The highest BCUT2D eigenvalue weighted by Crippen LogP contribution is 2.31. The summed E-state index contributed by atoms with van der Waals surface area (Å²) in [5.74, 6) is 0.878. The Morgan fingerprint density at radius 3 is 2.79 bits per heavy atom. The Hall–Kier alpha value is -2.82. The molecule has 5 heteroatoms. The zero-order valence-corrected chi connectivity index (χ0v) is 13.4. The zero-order chi connectivity index (χ0) is 16.4. The lowest BCUT2D eigenvalue weighted by Crippen LogP contribution is -2.39. The molecule has 2 amide bonds. The Morgan fingerprint density at radius 2 is 1.96 bits per heavy atom. The van der Waals surface area contributed by atoms with Crippen LogP contribution in [0.3, 0.4) is 0 Å². The molecule has 24 heavy (non-hydrogen) atoms. The fourth-order valence-electron chi connectivity index (χ4n) is 3.30. The van der Waals surface area contributed by atoms with Gasteiger partial charge in [0.1, 0.15) is 5.82 Å². The van der Waals surface area contributed by atoms with Gasteiger partial charge in [-0.1, -0.05) is 42.5 Å². The third kappa shape index (κ3) is 2.85. The predicted octanol–water partition coefficient (Wildman–Crippen LogP) is 3.61. The van der Waals surface area contributed by atoms with Crippen LogP contribution in [-0.2, 0) is 6.54 Å². The van der Waals surface area contributed by atoms with Gasteiger partial charge in [-0.2, -0.15) is 0 Å². The third-order valence-electron chi connectivity index (χ3n) is 4.52. The molecule has 1 aliphatic heterocycles. The van der Waals surface area contributed by atoms with E-state index in [4.69, 9.17) is 0 Å². The highest BCUT2D eigenvalue weighted by Gasteiger charge is 2.32. The average Bonchev–Trinajstić information content (AvgIpc) is 3.26. The summed E-state index contributed by atoms with van der Waals surface area (Å²) >= 11 is 0. The van der Waals surface area contributed by atoms with Gasteiger partial charge in [0.25, 0.3) is 0 Å². The molecule has 1 aromatic heterocycles. The minimum absolute atomic E-state index is 0.0215.